The highest BCUT2D eigenvalue weighted by Gasteiger charge is 2.27. The molecule has 1 saturated heterocycles. The molecule has 0 bridgehead atoms. The van der Waals surface area contributed by atoms with Crippen molar-refractivity contribution >= 4 is 42.3 Å². The van der Waals surface area contributed by atoms with Gasteiger partial charge in [0.15, 0.2) is 0 Å². The number of nitrogens with one attached hydrogen (secondary N) is 2. The van der Waals surface area contributed by atoms with Crippen LogP contribution in [-0.2, 0) is 0 Å². The van der Waals surface area contributed by atoms with Gasteiger partial charge >= 0.3 is 0 Å². The van der Waals surface area contributed by atoms with Crippen molar-refractivity contribution in [1.29, 1.82) is 0 Å². The van der Waals surface area contributed by atoms with Gasteiger partial charge in [0.05, 0.1) is 5.02 Å². The van der Waals surface area contributed by atoms with Gasteiger partial charge in [0.25, 0.3) is 5.91 Å². The number of hydrogen-bond acceptors (Lipinski definition) is 3. The van der Waals surface area contributed by atoms with Gasteiger partial charge in [0, 0.05) is 19.3 Å². The van der Waals surface area contributed by atoms with E-state index in [0.717, 1.165) is 25.9 Å². The first-order chi connectivity index (χ1) is 8.59. The molecule has 0 aromatic carbocycles. The molecular weight excluding hydrogens is 321 g/mol. The maximum absolute atomic E-state index is 11.9. The second-order valence-electron chi connectivity index (χ2n) is 5.14. The molecule has 0 aliphatic carbocycles. The van der Waals surface area contributed by atoms with Crippen molar-refractivity contribution in [3.05, 3.63) is 29.0 Å². The third-order valence-corrected chi connectivity index (χ3v) is 3.54. The highest BCUT2D eigenvalue weighted by Crippen LogP contribution is 2.24. The van der Waals surface area contributed by atoms with Crippen LogP contribution >= 0.6 is 36.4 Å². The van der Waals surface area contributed by atoms with Crippen molar-refractivity contribution in [1.82, 2.24) is 15.6 Å². The maximum atomic E-state index is 11.9. The summed E-state index contributed by atoms with van der Waals surface area (Å²) >= 11 is 5.73. The minimum absolute atomic E-state index is 0. The zero-order valence-corrected chi connectivity index (χ0v) is 13.7. The SMILES string of the molecule is CC1(CNC(=O)c2ccc(Cl)cn2)CCCNC1.Cl.Cl. The van der Waals surface area contributed by atoms with Gasteiger partial charge in [0.1, 0.15) is 5.69 Å². The summed E-state index contributed by atoms with van der Waals surface area (Å²) in [6.07, 6.45) is 3.78. The molecule has 0 saturated carbocycles. The van der Waals surface area contributed by atoms with E-state index in [4.69, 9.17) is 11.6 Å². The predicted molar refractivity (Wildman–Crippen MR) is 86.3 cm³/mol. The van der Waals surface area contributed by atoms with E-state index in [1.54, 1.807) is 12.1 Å². The number of carbonyl (C=O) groups is 1. The van der Waals surface area contributed by atoms with Crippen LogP contribution in [0.15, 0.2) is 18.3 Å². The van der Waals surface area contributed by atoms with E-state index >= 15 is 0 Å². The molecule has 0 radical (unpaired) electrons. The normalized spacial score (nSPS) is 21.3. The van der Waals surface area contributed by atoms with Gasteiger partial charge in [-0.05, 0) is 36.9 Å². The average Bonchev–Trinajstić information content (AvgIpc) is 2.38. The maximum Gasteiger partial charge on any atom is 0.269 e. The highest BCUT2D eigenvalue weighted by atomic mass is 35.5. The molecule has 0 spiro atoms. The van der Waals surface area contributed by atoms with E-state index in [2.05, 4.69) is 22.5 Å². The quantitative estimate of drug-likeness (QED) is 0.889. The fourth-order valence-electron chi connectivity index (χ4n) is 2.16. The molecule has 1 fully saturated rings. The first kappa shape index (κ1) is 19.4. The second kappa shape index (κ2) is 8.67. The number of amides is 1. The molecule has 2 heterocycles. The first-order valence-electron chi connectivity index (χ1n) is 6.20. The number of halogens is 3. The van der Waals surface area contributed by atoms with Crippen LogP contribution < -0.4 is 10.6 Å². The summed E-state index contributed by atoms with van der Waals surface area (Å²) < 4.78 is 0. The summed E-state index contributed by atoms with van der Waals surface area (Å²) in [5.41, 5.74) is 0.548. The van der Waals surface area contributed by atoms with Gasteiger partial charge in [-0.2, -0.15) is 0 Å². The summed E-state index contributed by atoms with van der Waals surface area (Å²) in [5, 5.41) is 6.84. The Morgan fingerprint density at radius 2 is 2.25 bits per heavy atom. The molecule has 2 N–H and O–H groups in total. The van der Waals surface area contributed by atoms with Crippen LogP contribution in [0.2, 0.25) is 5.02 Å². The largest absolute Gasteiger partial charge is 0.350 e. The predicted octanol–water partition coefficient (Wildman–Crippen LogP) is 2.70. The highest BCUT2D eigenvalue weighted by molar-refractivity contribution is 6.30. The van der Waals surface area contributed by atoms with Crippen LogP contribution in [0.3, 0.4) is 0 Å². The standard InChI is InChI=1S/C13H18ClN3O.2ClH/c1-13(5-2-6-15-8-13)9-17-12(18)11-4-3-10(14)7-16-11;;/h3-4,7,15H,2,5-6,8-9H2,1H3,(H,17,18);2*1H. The molecule has 1 unspecified atom stereocenters. The van der Waals surface area contributed by atoms with Crippen LogP contribution in [0, 0.1) is 5.41 Å². The molecule has 1 aromatic rings. The lowest BCUT2D eigenvalue weighted by Crippen LogP contribution is -2.45. The number of rotatable bonds is 3. The Hall–Kier alpha value is -0.550. The Labute approximate surface area is 136 Å². The van der Waals surface area contributed by atoms with Gasteiger partial charge in [0.2, 0.25) is 0 Å². The fourth-order valence-corrected chi connectivity index (χ4v) is 2.28. The van der Waals surface area contributed by atoms with Crippen LogP contribution in [-0.4, -0.2) is 30.5 Å². The Balaban J connectivity index is 0.00000180. The Morgan fingerprint density at radius 3 is 2.80 bits per heavy atom. The van der Waals surface area contributed by atoms with Crippen LogP contribution in [0.1, 0.15) is 30.3 Å². The van der Waals surface area contributed by atoms with Crippen molar-refractivity contribution in [2.24, 2.45) is 5.41 Å². The number of piperidine rings is 1. The summed E-state index contributed by atoms with van der Waals surface area (Å²) in [7, 11) is 0. The van der Waals surface area contributed by atoms with Crippen LogP contribution in [0.4, 0.5) is 0 Å². The van der Waals surface area contributed by atoms with E-state index in [-0.39, 0.29) is 36.1 Å². The van der Waals surface area contributed by atoms with E-state index in [0.29, 0.717) is 17.3 Å². The molecule has 4 nitrogen and oxygen atoms in total. The Morgan fingerprint density at radius 1 is 1.50 bits per heavy atom. The topological polar surface area (TPSA) is 54.0 Å². The average molecular weight is 341 g/mol. The lowest BCUT2D eigenvalue weighted by Gasteiger charge is -2.34. The Kier molecular flexibility index (Phi) is 8.44. The van der Waals surface area contributed by atoms with Crippen LogP contribution in [0.25, 0.3) is 0 Å². The monoisotopic (exact) mass is 339 g/mol. The summed E-state index contributed by atoms with van der Waals surface area (Å²) in [6.45, 7) is 4.88. The van der Waals surface area contributed by atoms with Crippen molar-refractivity contribution < 1.29 is 4.79 Å². The smallest absolute Gasteiger partial charge is 0.269 e. The second-order valence-corrected chi connectivity index (χ2v) is 5.57. The van der Waals surface area contributed by atoms with Gasteiger partial charge in [-0.15, -0.1) is 24.8 Å². The molecule has 1 amide bonds. The molecule has 1 atom stereocenters. The van der Waals surface area contributed by atoms with Crippen molar-refractivity contribution in [2.75, 3.05) is 19.6 Å². The van der Waals surface area contributed by atoms with Crippen molar-refractivity contribution in [2.45, 2.75) is 19.8 Å². The van der Waals surface area contributed by atoms with Gasteiger partial charge in [-0.1, -0.05) is 18.5 Å². The molecule has 114 valence electrons. The number of hydrogen-bond donors (Lipinski definition) is 2. The van der Waals surface area contributed by atoms with Crippen molar-refractivity contribution in [3.8, 4) is 0 Å². The number of nitrogens with zero attached hydrogens (tertiary/aromatic N) is 1. The lowest BCUT2D eigenvalue weighted by molar-refractivity contribution is 0.0919. The molecule has 20 heavy (non-hydrogen) atoms. The fraction of sp³-hybridized carbons (Fsp3) is 0.538. The minimum atomic E-state index is -0.140. The first-order valence-corrected chi connectivity index (χ1v) is 6.57. The molecule has 1 aliphatic rings. The lowest BCUT2D eigenvalue weighted by atomic mass is 9.83. The summed E-state index contributed by atoms with van der Waals surface area (Å²) in [5.74, 6) is -0.140. The summed E-state index contributed by atoms with van der Waals surface area (Å²) in [4.78, 5) is 15.9. The number of carbonyl (C=O) groups excluding carboxylic acids is 1. The molecule has 7 heteroatoms. The third kappa shape index (κ3) is 5.44. The summed E-state index contributed by atoms with van der Waals surface area (Å²) in [6, 6.07) is 3.31. The Bertz CT molecular complexity index is 419. The van der Waals surface area contributed by atoms with Crippen LogP contribution in [0.5, 0.6) is 0 Å². The third-order valence-electron chi connectivity index (χ3n) is 3.32. The van der Waals surface area contributed by atoms with Crippen molar-refractivity contribution in [3.63, 3.8) is 0 Å². The minimum Gasteiger partial charge on any atom is -0.350 e. The van der Waals surface area contributed by atoms with Gasteiger partial charge in [-0.3, -0.25) is 4.79 Å². The number of pyridine rings is 1. The molecule has 2 rings (SSSR count). The van der Waals surface area contributed by atoms with E-state index in [1.165, 1.54) is 6.20 Å². The van der Waals surface area contributed by atoms with Gasteiger partial charge in [-0.25, -0.2) is 4.98 Å². The zero-order valence-electron chi connectivity index (χ0n) is 11.3. The van der Waals surface area contributed by atoms with E-state index in [9.17, 15) is 4.79 Å². The number of aromatic nitrogens is 1. The molecule has 1 aliphatic heterocycles. The zero-order chi connectivity index (χ0) is 13.0. The van der Waals surface area contributed by atoms with E-state index in [1.807, 2.05) is 0 Å². The van der Waals surface area contributed by atoms with Gasteiger partial charge < -0.3 is 10.6 Å². The molecular formula is C13H20Cl3N3O. The van der Waals surface area contributed by atoms with E-state index < -0.39 is 0 Å². The molecule has 1 aromatic heterocycles.